The van der Waals surface area contributed by atoms with Gasteiger partial charge in [0.2, 0.25) is 5.91 Å². The lowest BCUT2D eigenvalue weighted by Gasteiger charge is -2.13. The fourth-order valence-electron chi connectivity index (χ4n) is 3.77. The van der Waals surface area contributed by atoms with Crippen LogP contribution in [-0.2, 0) is 14.9 Å². The highest BCUT2D eigenvalue weighted by molar-refractivity contribution is 5.96. The van der Waals surface area contributed by atoms with Crippen molar-refractivity contribution in [1.82, 2.24) is 10.3 Å². The minimum absolute atomic E-state index is 0.124. The SMILES string of the molecule is COCCNC(=O)c1ccc(C)c(-c2ccc3cc(C4(C(N)=O)CC4)ncc3c2)c1. The van der Waals surface area contributed by atoms with Crippen molar-refractivity contribution in [3.05, 3.63) is 65.5 Å². The molecule has 0 saturated heterocycles. The summed E-state index contributed by atoms with van der Waals surface area (Å²) in [6.07, 6.45) is 3.32. The Balaban J connectivity index is 1.65. The molecule has 30 heavy (non-hydrogen) atoms. The molecule has 1 aromatic heterocycles. The third-order valence-corrected chi connectivity index (χ3v) is 5.84. The molecule has 0 aliphatic heterocycles. The highest BCUT2D eigenvalue weighted by Gasteiger charge is 2.51. The number of nitrogens with one attached hydrogen (secondary N) is 1. The highest BCUT2D eigenvalue weighted by Crippen LogP contribution is 2.47. The van der Waals surface area contributed by atoms with Gasteiger partial charge in [0, 0.05) is 30.8 Å². The Morgan fingerprint density at radius 3 is 2.63 bits per heavy atom. The smallest absolute Gasteiger partial charge is 0.251 e. The van der Waals surface area contributed by atoms with E-state index in [2.05, 4.69) is 16.4 Å². The first-order chi connectivity index (χ1) is 14.4. The molecule has 1 aliphatic carbocycles. The quantitative estimate of drug-likeness (QED) is 0.593. The number of hydrogen-bond acceptors (Lipinski definition) is 4. The third-order valence-electron chi connectivity index (χ3n) is 5.84. The number of nitrogens with two attached hydrogens (primary N) is 1. The van der Waals surface area contributed by atoms with Crippen LogP contribution in [0.2, 0.25) is 0 Å². The van der Waals surface area contributed by atoms with E-state index in [4.69, 9.17) is 10.5 Å². The van der Waals surface area contributed by atoms with Crippen LogP contribution < -0.4 is 11.1 Å². The number of rotatable bonds is 7. The van der Waals surface area contributed by atoms with Gasteiger partial charge in [0.25, 0.3) is 5.91 Å². The van der Waals surface area contributed by atoms with Crippen molar-refractivity contribution >= 4 is 22.6 Å². The monoisotopic (exact) mass is 403 g/mol. The van der Waals surface area contributed by atoms with Gasteiger partial charge in [-0.25, -0.2) is 0 Å². The van der Waals surface area contributed by atoms with Gasteiger partial charge in [0.05, 0.1) is 17.7 Å². The Morgan fingerprint density at radius 1 is 1.13 bits per heavy atom. The minimum atomic E-state index is -0.589. The predicted octanol–water partition coefficient (Wildman–Crippen LogP) is 3.10. The van der Waals surface area contributed by atoms with Gasteiger partial charge in [0.1, 0.15) is 0 Å². The van der Waals surface area contributed by atoms with Gasteiger partial charge in [0.15, 0.2) is 0 Å². The van der Waals surface area contributed by atoms with E-state index in [0.717, 1.165) is 46.0 Å². The lowest BCUT2D eigenvalue weighted by atomic mass is 9.94. The Kier molecular flexibility index (Phi) is 5.26. The van der Waals surface area contributed by atoms with Crippen LogP contribution in [0.5, 0.6) is 0 Å². The first-order valence-corrected chi connectivity index (χ1v) is 10.0. The summed E-state index contributed by atoms with van der Waals surface area (Å²) in [4.78, 5) is 28.7. The molecule has 4 rings (SSSR count). The lowest BCUT2D eigenvalue weighted by Crippen LogP contribution is -2.29. The molecular weight excluding hydrogens is 378 g/mol. The maximum Gasteiger partial charge on any atom is 0.251 e. The molecule has 0 unspecified atom stereocenters. The Morgan fingerprint density at radius 2 is 1.93 bits per heavy atom. The van der Waals surface area contributed by atoms with Crippen LogP contribution in [0.25, 0.3) is 21.9 Å². The zero-order valence-electron chi connectivity index (χ0n) is 17.2. The van der Waals surface area contributed by atoms with Crippen molar-refractivity contribution in [1.29, 1.82) is 0 Å². The van der Waals surface area contributed by atoms with Crippen LogP contribution >= 0.6 is 0 Å². The summed E-state index contributed by atoms with van der Waals surface area (Å²) >= 11 is 0. The maximum absolute atomic E-state index is 12.4. The van der Waals surface area contributed by atoms with E-state index < -0.39 is 5.41 Å². The molecule has 3 aromatic rings. The zero-order chi connectivity index (χ0) is 21.3. The summed E-state index contributed by atoms with van der Waals surface area (Å²) in [7, 11) is 1.60. The molecule has 0 bridgehead atoms. The second-order valence-corrected chi connectivity index (χ2v) is 7.86. The summed E-state index contributed by atoms with van der Waals surface area (Å²) < 4.78 is 4.98. The summed E-state index contributed by atoms with van der Waals surface area (Å²) in [6, 6.07) is 13.8. The molecule has 1 saturated carbocycles. The van der Waals surface area contributed by atoms with Crippen molar-refractivity contribution < 1.29 is 14.3 Å². The van der Waals surface area contributed by atoms with Gasteiger partial charge < -0.3 is 15.8 Å². The zero-order valence-corrected chi connectivity index (χ0v) is 17.2. The number of methoxy groups -OCH3 is 1. The largest absolute Gasteiger partial charge is 0.383 e. The molecular formula is C24H25N3O3. The number of fused-ring (bicyclic) bond motifs is 1. The number of pyridine rings is 1. The molecule has 3 N–H and O–H groups in total. The molecule has 2 aromatic carbocycles. The molecule has 2 amide bonds. The summed E-state index contributed by atoms with van der Waals surface area (Å²) in [6.45, 7) is 2.97. The van der Waals surface area contributed by atoms with E-state index in [-0.39, 0.29) is 11.8 Å². The topological polar surface area (TPSA) is 94.3 Å². The van der Waals surface area contributed by atoms with E-state index in [1.165, 1.54) is 0 Å². The Labute approximate surface area is 175 Å². The molecule has 0 atom stereocenters. The van der Waals surface area contributed by atoms with Gasteiger partial charge in [-0.2, -0.15) is 0 Å². The minimum Gasteiger partial charge on any atom is -0.383 e. The van der Waals surface area contributed by atoms with Gasteiger partial charge >= 0.3 is 0 Å². The standard InChI is InChI=1S/C24H25N3O3/c1-15-3-4-18(22(28)26-9-10-30-2)12-20(15)17-6-5-16-13-21(27-14-19(16)11-17)24(7-8-24)23(25)29/h3-6,11-14H,7-10H2,1-2H3,(H2,25,29)(H,26,28). The van der Waals surface area contributed by atoms with Gasteiger partial charge in [-0.15, -0.1) is 0 Å². The number of amides is 2. The molecule has 6 heteroatoms. The van der Waals surface area contributed by atoms with Crippen LogP contribution in [0.1, 0.15) is 34.5 Å². The van der Waals surface area contributed by atoms with E-state index in [9.17, 15) is 9.59 Å². The van der Waals surface area contributed by atoms with E-state index in [1.807, 2.05) is 43.3 Å². The van der Waals surface area contributed by atoms with Gasteiger partial charge in [-0.05, 0) is 66.1 Å². The molecule has 6 nitrogen and oxygen atoms in total. The average Bonchev–Trinajstić information content (AvgIpc) is 3.56. The molecule has 1 aliphatic rings. The fraction of sp³-hybridized carbons (Fsp3) is 0.292. The second-order valence-electron chi connectivity index (χ2n) is 7.86. The second kappa shape index (κ2) is 7.88. The molecule has 1 fully saturated rings. The number of aryl methyl sites for hydroxylation is 1. The average molecular weight is 403 g/mol. The number of primary amides is 1. The number of benzene rings is 2. The van der Waals surface area contributed by atoms with E-state index in [0.29, 0.717) is 18.7 Å². The molecule has 154 valence electrons. The number of carbonyl (C=O) groups excluding carboxylic acids is 2. The Bertz CT molecular complexity index is 1140. The predicted molar refractivity (Wildman–Crippen MR) is 116 cm³/mol. The van der Waals surface area contributed by atoms with Gasteiger partial charge in [-0.1, -0.05) is 18.2 Å². The number of aromatic nitrogens is 1. The number of carbonyl (C=O) groups is 2. The normalized spacial score (nSPS) is 14.5. The van der Waals surface area contributed by atoms with E-state index >= 15 is 0 Å². The van der Waals surface area contributed by atoms with Crippen molar-refractivity contribution in [3.63, 3.8) is 0 Å². The van der Waals surface area contributed by atoms with Crippen molar-refractivity contribution in [2.24, 2.45) is 5.73 Å². The van der Waals surface area contributed by atoms with Crippen molar-refractivity contribution in [3.8, 4) is 11.1 Å². The van der Waals surface area contributed by atoms with Crippen molar-refractivity contribution in [2.45, 2.75) is 25.2 Å². The first-order valence-electron chi connectivity index (χ1n) is 10.0. The number of ether oxygens (including phenoxy) is 1. The van der Waals surface area contributed by atoms with Crippen LogP contribution in [-0.4, -0.2) is 37.1 Å². The van der Waals surface area contributed by atoms with Crippen LogP contribution in [0, 0.1) is 6.92 Å². The lowest BCUT2D eigenvalue weighted by molar-refractivity contribution is -0.120. The summed E-state index contributed by atoms with van der Waals surface area (Å²) in [5, 5.41) is 4.85. The fourth-order valence-corrected chi connectivity index (χ4v) is 3.77. The highest BCUT2D eigenvalue weighted by atomic mass is 16.5. The van der Waals surface area contributed by atoms with Crippen LogP contribution in [0.15, 0.2) is 48.7 Å². The summed E-state index contributed by atoms with van der Waals surface area (Å²) in [5.41, 5.74) is 9.44. The van der Waals surface area contributed by atoms with Crippen LogP contribution in [0.4, 0.5) is 0 Å². The maximum atomic E-state index is 12.4. The van der Waals surface area contributed by atoms with Crippen LogP contribution in [0.3, 0.4) is 0 Å². The van der Waals surface area contributed by atoms with Crippen molar-refractivity contribution in [2.75, 3.05) is 20.3 Å². The molecule has 1 heterocycles. The summed E-state index contributed by atoms with van der Waals surface area (Å²) in [5.74, 6) is -0.427. The number of nitrogens with zero attached hydrogens (tertiary/aromatic N) is 1. The molecule has 0 spiro atoms. The Hall–Kier alpha value is -3.25. The van der Waals surface area contributed by atoms with Gasteiger partial charge in [-0.3, -0.25) is 14.6 Å². The van der Waals surface area contributed by atoms with E-state index in [1.54, 1.807) is 13.3 Å². The molecule has 0 radical (unpaired) electrons. The third kappa shape index (κ3) is 3.66. The first kappa shape index (κ1) is 20.0. The number of hydrogen-bond donors (Lipinski definition) is 2.